The van der Waals surface area contributed by atoms with Gasteiger partial charge in [0, 0.05) is 24.3 Å². The molecule has 0 fully saturated rings. The zero-order chi connectivity index (χ0) is 14.3. The van der Waals surface area contributed by atoms with Crippen LogP contribution in [0.1, 0.15) is 31.7 Å². The number of benzene rings is 1. The first-order chi connectivity index (χ1) is 8.93. The number of Topliss-reactive ketones (excluding diaryl/α,β-unsaturated/α-hetero) is 1. The van der Waals surface area contributed by atoms with Gasteiger partial charge in [0.25, 0.3) is 0 Å². The van der Waals surface area contributed by atoms with Gasteiger partial charge >= 0.3 is 0 Å². The van der Waals surface area contributed by atoms with Gasteiger partial charge in [-0.3, -0.25) is 4.79 Å². The van der Waals surface area contributed by atoms with Crippen molar-refractivity contribution in [1.82, 2.24) is 0 Å². The molecule has 0 aliphatic heterocycles. The minimum atomic E-state index is -2.96. The standard InChI is InChI=1S/C14H21NO3S/c1-2-19(17,18)10-4-7-14(16)9-8-12-5-3-6-13(15)11-12/h3,5-6,11H,2,4,7-10,15H2,1H3. The van der Waals surface area contributed by atoms with Gasteiger partial charge in [0.1, 0.15) is 15.6 Å². The van der Waals surface area contributed by atoms with E-state index in [0.717, 1.165) is 5.56 Å². The predicted molar refractivity (Wildman–Crippen MR) is 77.7 cm³/mol. The molecule has 1 aromatic carbocycles. The van der Waals surface area contributed by atoms with Gasteiger partial charge in [0.15, 0.2) is 0 Å². The molecule has 0 saturated carbocycles. The maximum atomic E-state index is 11.6. The molecule has 0 aliphatic carbocycles. The number of hydrogen-bond donors (Lipinski definition) is 1. The molecule has 5 heteroatoms. The Labute approximate surface area is 114 Å². The third-order valence-corrected chi connectivity index (χ3v) is 4.78. The second-order valence-corrected chi connectivity index (χ2v) is 7.10. The lowest BCUT2D eigenvalue weighted by Crippen LogP contribution is -2.10. The summed E-state index contributed by atoms with van der Waals surface area (Å²) in [6, 6.07) is 7.46. The van der Waals surface area contributed by atoms with E-state index in [1.807, 2.05) is 18.2 Å². The summed E-state index contributed by atoms with van der Waals surface area (Å²) in [4.78, 5) is 11.6. The van der Waals surface area contributed by atoms with E-state index in [9.17, 15) is 13.2 Å². The number of aryl methyl sites for hydroxylation is 1. The highest BCUT2D eigenvalue weighted by atomic mass is 32.2. The maximum Gasteiger partial charge on any atom is 0.150 e. The Morgan fingerprint density at radius 2 is 2.00 bits per heavy atom. The first-order valence-corrected chi connectivity index (χ1v) is 8.31. The second kappa shape index (κ2) is 7.28. The number of ketones is 1. The van der Waals surface area contributed by atoms with Crippen LogP contribution >= 0.6 is 0 Å². The van der Waals surface area contributed by atoms with E-state index in [4.69, 9.17) is 5.73 Å². The third-order valence-electron chi connectivity index (χ3n) is 2.99. The molecule has 0 heterocycles. The summed E-state index contributed by atoms with van der Waals surface area (Å²) in [6.45, 7) is 1.62. The Bertz CT molecular complexity index is 523. The van der Waals surface area contributed by atoms with Crippen molar-refractivity contribution in [2.75, 3.05) is 17.2 Å². The average molecular weight is 283 g/mol. The zero-order valence-electron chi connectivity index (χ0n) is 11.3. The van der Waals surface area contributed by atoms with Crippen LogP contribution in [0.3, 0.4) is 0 Å². The summed E-state index contributed by atoms with van der Waals surface area (Å²) in [5.41, 5.74) is 7.39. The fourth-order valence-corrected chi connectivity index (χ4v) is 2.66. The summed E-state index contributed by atoms with van der Waals surface area (Å²) >= 11 is 0. The van der Waals surface area contributed by atoms with Crippen molar-refractivity contribution in [2.24, 2.45) is 0 Å². The summed E-state index contributed by atoms with van der Waals surface area (Å²) in [6.07, 6.45) is 1.85. The molecule has 0 amide bonds. The van der Waals surface area contributed by atoms with Crippen LogP contribution in [0.15, 0.2) is 24.3 Å². The minimum absolute atomic E-state index is 0.105. The number of rotatable bonds is 8. The van der Waals surface area contributed by atoms with E-state index in [2.05, 4.69) is 0 Å². The molecule has 1 aromatic rings. The van der Waals surface area contributed by atoms with E-state index in [0.29, 0.717) is 31.4 Å². The van der Waals surface area contributed by atoms with Crippen molar-refractivity contribution in [3.63, 3.8) is 0 Å². The lowest BCUT2D eigenvalue weighted by molar-refractivity contribution is -0.119. The van der Waals surface area contributed by atoms with Gasteiger partial charge < -0.3 is 5.73 Å². The third kappa shape index (κ3) is 6.38. The monoisotopic (exact) mass is 283 g/mol. The SMILES string of the molecule is CCS(=O)(=O)CCCC(=O)CCc1cccc(N)c1. The van der Waals surface area contributed by atoms with Crippen molar-refractivity contribution in [1.29, 1.82) is 0 Å². The highest BCUT2D eigenvalue weighted by Crippen LogP contribution is 2.10. The lowest BCUT2D eigenvalue weighted by atomic mass is 10.1. The van der Waals surface area contributed by atoms with Crippen LogP contribution in [-0.2, 0) is 21.1 Å². The predicted octanol–water partition coefficient (Wildman–Crippen LogP) is 1.99. The van der Waals surface area contributed by atoms with Gasteiger partial charge in [-0.25, -0.2) is 8.42 Å². The molecular formula is C14H21NO3S. The molecule has 0 saturated heterocycles. The highest BCUT2D eigenvalue weighted by Gasteiger charge is 2.09. The molecule has 0 atom stereocenters. The fourth-order valence-electron chi connectivity index (χ4n) is 1.79. The van der Waals surface area contributed by atoms with Gasteiger partial charge in [-0.2, -0.15) is 0 Å². The molecular weight excluding hydrogens is 262 g/mol. The molecule has 2 N–H and O–H groups in total. The fraction of sp³-hybridized carbons (Fsp3) is 0.500. The molecule has 106 valence electrons. The average Bonchev–Trinajstić information content (AvgIpc) is 2.36. The first-order valence-electron chi connectivity index (χ1n) is 6.49. The quantitative estimate of drug-likeness (QED) is 0.740. The zero-order valence-corrected chi connectivity index (χ0v) is 12.1. The van der Waals surface area contributed by atoms with E-state index in [1.165, 1.54) is 0 Å². The number of carbonyl (C=O) groups is 1. The number of nitrogens with two attached hydrogens (primary N) is 1. The summed E-state index contributed by atoms with van der Waals surface area (Å²) in [5.74, 6) is 0.353. The normalized spacial score (nSPS) is 11.4. The molecule has 0 spiro atoms. The van der Waals surface area contributed by atoms with Gasteiger partial charge in [-0.1, -0.05) is 19.1 Å². The molecule has 0 bridgehead atoms. The summed E-state index contributed by atoms with van der Waals surface area (Å²) in [7, 11) is -2.96. The van der Waals surface area contributed by atoms with Crippen LogP contribution in [-0.4, -0.2) is 25.7 Å². The van der Waals surface area contributed by atoms with Gasteiger partial charge in [-0.05, 0) is 30.5 Å². The number of sulfone groups is 1. The second-order valence-electron chi connectivity index (χ2n) is 4.62. The maximum absolute atomic E-state index is 11.6. The molecule has 0 unspecified atom stereocenters. The van der Waals surface area contributed by atoms with E-state index in [1.54, 1.807) is 13.0 Å². The van der Waals surface area contributed by atoms with Crippen LogP contribution in [0.2, 0.25) is 0 Å². The Hall–Kier alpha value is -1.36. The number of nitrogen functional groups attached to an aromatic ring is 1. The molecule has 19 heavy (non-hydrogen) atoms. The Kier molecular flexibility index (Phi) is 6.02. The lowest BCUT2D eigenvalue weighted by Gasteiger charge is -2.03. The molecule has 4 nitrogen and oxygen atoms in total. The summed E-state index contributed by atoms with van der Waals surface area (Å²) in [5, 5.41) is 0. The van der Waals surface area contributed by atoms with Crippen molar-refractivity contribution >= 4 is 21.3 Å². The Morgan fingerprint density at radius 1 is 1.26 bits per heavy atom. The smallest absolute Gasteiger partial charge is 0.150 e. The van der Waals surface area contributed by atoms with Gasteiger partial charge in [0.2, 0.25) is 0 Å². The van der Waals surface area contributed by atoms with E-state index < -0.39 is 9.84 Å². The topological polar surface area (TPSA) is 77.2 Å². The Morgan fingerprint density at radius 3 is 2.63 bits per heavy atom. The summed E-state index contributed by atoms with van der Waals surface area (Å²) < 4.78 is 22.5. The van der Waals surface area contributed by atoms with E-state index >= 15 is 0 Å². The molecule has 0 aromatic heterocycles. The van der Waals surface area contributed by atoms with Crippen molar-refractivity contribution in [3.05, 3.63) is 29.8 Å². The van der Waals surface area contributed by atoms with Crippen LogP contribution < -0.4 is 5.73 Å². The number of anilines is 1. The molecule has 1 rings (SSSR count). The number of hydrogen-bond acceptors (Lipinski definition) is 4. The minimum Gasteiger partial charge on any atom is -0.399 e. The molecule has 0 radical (unpaired) electrons. The Balaban J connectivity index is 2.29. The van der Waals surface area contributed by atoms with Crippen molar-refractivity contribution in [3.8, 4) is 0 Å². The van der Waals surface area contributed by atoms with Gasteiger partial charge in [0.05, 0.1) is 5.75 Å². The van der Waals surface area contributed by atoms with Crippen molar-refractivity contribution in [2.45, 2.75) is 32.6 Å². The molecule has 0 aliphatic rings. The van der Waals surface area contributed by atoms with Crippen LogP contribution in [0.5, 0.6) is 0 Å². The van der Waals surface area contributed by atoms with Gasteiger partial charge in [-0.15, -0.1) is 0 Å². The van der Waals surface area contributed by atoms with E-state index in [-0.39, 0.29) is 17.3 Å². The van der Waals surface area contributed by atoms with Crippen molar-refractivity contribution < 1.29 is 13.2 Å². The van der Waals surface area contributed by atoms with Crippen LogP contribution in [0.25, 0.3) is 0 Å². The number of carbonyl (C=O) groups excluding carboxylic acids is 1. The highest BCUT2D eigenvalue weighted by molar-refractivity contribution is 7.91. The van der Waals surface area contributed by atoms with Crippen LogP contribution in [0, 0.1) is 0 Å². The largest absolute Gasteiger partial charge is 0.399 e. The van der Waals surface area contributed by atoms with Crippen LogP contribution in [0.4, 0.5) is 5.69 Å². The first kappa shape index (κ1) is 15.7.